The Kier molecular flexibility index (Phi) is 3.92. The molecule has 2 aromatic carbocycles. The zero-order chi connectivity index (χ0) is 13.4. The molecule has 0 aliphatic heterocycles. The Bertz CT molecular complexity index is 706. The Balaban J connectivity index is 2.53. The fourth-order valence-electron chi connectivity index (χ4n) is 2.27. The zero-order valence-electron chi connectivity index (χ0n) is 9.96. The number of aromatic nitrogens is 1. The van der Waals surface area contributed by atoms with Crippen molar-refractivity contribution >= 4 is 69.6 Å². The molecule has 0 N–H and O–H groups in total. The third-order valence-electron chi connectivity index (χ3n) is 3.22. The summed E-state index contributed by atoms with van der Waals surface area (Å²) >= 11 is 10.8. The van der Waals surface area contributed by atoms with Crippen molar-refractivity contribution in [2.75, 3.05) is 0 Å². The van der Waals surface area contributed by atoms with Gasteiger partial charge >= 0.3 is 0 Å². The molecule has 0 unspecified atom stereocenters. The first kappa shape index (κ1) is 13.5. The van der Waals surface area contributed by atoms with Crippen LogP contribution in [-0.4, -0.2) is 4.98 Å². The van der Waals surface area contributed by atoms with Gasteiger partial charge in [-0.1, -0.05) is 68.3 Å². The van der Waals surface area contributed by atoms with Crippen molar-refractivity contribution < 1.29 is 0 Å². The van der Waals surface area contributed by atoms with E-state index in [1.165, 1.54) is 11.1 Å². The molecule has 96 valence electrons. The van der Waals surface area contributed by atoms with Crippen LogP contribution in [0.15, 0.2) is 40.9 Å². The van der Waals surface area contributed by atoms with Gasteiger partial charge in [0.15, 0.2) is 0 Å². The topological polar surface area (TPSA) is 12.9 Å². The number of alkyl halides is 2. The molecule has 3 aromatic rings. The fraction of sp³-hybridized carbons (Fsp3) is 0.133. The van der Waals surface area contributed by atoms with Crippen LogP contribution in [-0.2, 0) is 10.7 Å². The Morgan fingerprint density at radius 1 is 0.789 bits per heavy atom. The number of nitrogens with zero attached hydrogens (tertiary/aromatic N) is 1. The van der Waals surface area contributed by atoms with Gasteiger partial charge in [0, 0.05) is 25.9 Å². The second-order valence-electron chi connectivity index (χ2n) is 4.32. The summed E-state index contributed by atoms with van der Waals surface area (Å²) < 4.78 is 1.12. The number of benzene rings is 2. The van der Waals surface area contributed by atoms with Gasteiger partial charge < -0.3 is 0 Å². The number of halogens is 3. The minimum Gasteiger partial charge on any atom is -0.247 e. The first-order valence-corrected chi connectivity index (χ1v) is 8.90. The van der Waals surface area contributed by atoms with Crippen molar-refractivity contribution in [2.24, 2.45) is 0 Å². The maximum absolute atomic E-state index is 4.89. The van der Waals surface area contributed by atoms with E-state index in [0.29, 0.717) is 0 Å². The monoisotopic (exact) mass is 441 g/mol. The average Bonchev–Trinajstić information content (AvgIpc) is 2.46. The second-order valence-corrected chi connectivity index (χ2v) is 6.23. The molecular formula is C15H10Br3N. The van der Waals surface area contributed by atoms with E-state index in [0.717, 1.165) is 36.9 Å². The van der Waals surface area contributed by atoms with Crippen LogP contribution < -0.4 is 0 Å². The van der Waals surface area contributed by atoms with Gasteiger partial charge in [0.1, 0.15) is 0 Å². The van der Waals surface area contributed by atoms with Crippen molar-refractivity contribution in [1.29, 1.82) is 0 Å². The molecule has 0 saturated carbocycles. The predicted octanol–water partition coefficient (Wildman–Crippen LogP) is 5.94. The molecule has 4 heteroatoms. The van der Waals surface area contributed by atoms with Gasteiger partial charge in [-0.25, -0.2) is 4.98 Å². The molecule has 19 heavy (non-hydrogen) atoms. The molecular weight excluding hydrogens is 434 g/mol. The summed E-state index contributed by atoms with van der Waals surface area (Å²) in [5, 5.41) is 3.95. The highest BCUT2D eigenvalue weighted by Crippen LogP contribution is 2.34. The van der Waals surface area contributed by atoms with Crippen LogP contribution in [0.1, 0.15) is 11.1 Å². The molecule has 0 spiro atoms. The summed E-state index contributed by atoms with van der Waals surface area (Å²) in [4.78, 5) is 4.89. The summed E-state index contributed by atoms with van der Waals surface area (Å²) in [7, 11) is 0. The average molecular weight is 444 g/mol. The van der Waals surface area contributed by atoms with Crippen LogP contribution in [0.3, 0.4) is 0 Å². The van der Waals surface area contributed by atoms with Gasteiger partial charge in [-0.3, -0.25) is 0 Å². The smallest absolute Gasteiger partial charge is 0.0761 e. The number of pyridine rings is 1. The summed E-state index contributed by atoms with van der Waals surface area (Å²) in [6.45, 7) is 0. The molecule has 1 aromatic heterocycles. The van der Waals surface area contributed by atoms with Gasteiger partial charge in [0.2, 0.25) is 0 Å². The largest absolute Gasteiger partial charge is 0.247 e. The van der Waals surface area contributed by atoms with Crippen LogP contribution in [0.4, 0.5) is 0 Å². The van der Waals surface area contributed by atoms with Crippen LogP contribution in [0.5, 0.6) is 0 Å². The Morgan fingerprint density at radius 3 is 1.68 bits per heavy atom. The van der Waals surface area contributed by atoms with Gasteiger partial charge in [0.25, 0.3) is 0 Å². The summed E-state index contributed by atoms with van der Waals surface area (Å²) in [5.41, 5.74) is 4.55. The van der Waals surface area contributed by atoms with E-state index in [-0.39, 0.29) is 0 Å². The first-order valence-electron chi connectivity index (χ1n) is 5.87. The number of rotatable bonds is 2. The minimum atomic E-state index is 0.811. The van der Waals surface area contributed by atoms with Crippen molar-refractivity contribution in [1.82, 2.24) is 4.98 Å². The number of hydrogen-bond donors (Lipinski definition) is 0. The Morgan fingerprint density at radius 2 is 1.26 bits per heavy atom. The lowest BCUT2D eigenvalue weighted by Crippen LogP contribution is -1.92. The van der Waals surface area contributed by atoms with E-state index in [1.54, 1.807) is 0 Å². The van der Waals surface area contributed by atoms with E-state index in [2.05, 4.69) is 84.2 Å². The minimum absolute atomic E-state index is 0.811. The van der Waals surface area contributed by atoms with Gasteiger partial charge in [-0.2, -0.15) is 0 Å². The first-order chi connectivity index (χ1) is 9.26. The van der Waals surface area contributed by atoms with E-state index in [1.807, 2.05) is 0 Å². The SMILES string of the molecule is BrCc1cccc2c(Br)c3cccc(CBr)c3nc12. The lowest BCUT2D eigenvalue weighted by atomic mass is 10.1. The highest BCUT2D eigenvalue weighted by molar-refractivity contribution is 9.11. The molecule has 0 radical (unpaired) electrons. The Labute approximate surface area is 136 Å². The molecule has 0 bridgehead atoms. The van der Waals surface area contributed by atoms with Crippen LogP contribution in [0, 0.1) is 0 Å². The molecule has 1 nitrogen and oxygen atoms in total. The molecule has 0 aliphatic carbocycles. The van der Waals surface area contributed by atoms with E-state index < -0.39 is 0 Å². The maximum atomic E-state index is 4.89. The standard InChI is InChI=1S/C15H10Br3N/c16-7-9-3-1-5-11-13(18)12-6-2-4-10(8-17)15(12)19-14(9)11/h1-6H,7-8H2. The molecule has 1 heterocycles. The van der Waals surface area contributed by atoms with Gasteiger partial charge in [-0.15, -0.1) is 0 Å². The van der Waals surface area contributed by atoms with Crippen molar-refractivity contribution in [3.63, 3.8) is 0 Å². The molecule has 0 atom stereocenters. The van der Waals surface area contributed by atoms with Gasteiger partial charge in [-0.05, 0) is 27.1 Å². The molecule has 0 aliphatic rings. The van der Waals surface area contributed by atoms with Crippen LogP contribution in [0.25, 0.3) is 21.8 Å². The third-order valence-corrected chi connectivity index (χ3v) is 5.29. The fourth-order valence-corrected chi connectivity index (χ4v) is 3.82. The molecule has 0 amide bonds. The highest BCUT2D eigenvalue weighted by Gasteiger charge is 2.11. The summed E-state index contributed by atoms with van der Waals surface area (Å²) in [5.74, 6) is 0. The summed E-state index contributed by atoms with van der Waals surface area (Å²) in [6, 6.07) is 12.6. The van der Waals surface area contributed by atoms with E-state index >= 15 is 0 Å². The predicted molar refractivity (Wildman–Crippen MR) is 92.2 cm³/mol. The number of fused-ring (bicyclic) bond motifs is 2. The molecule has 3 rings (SSSR count). The maximum Gasteiger partial charge on any atom is 0.0761 e. The molecule has 0 fully saturated rings. The highest BCUT2D eigenvalue weighted by atomic mass is 79.9. The van der Waals surface area contributed by atoms with Crippen LogP contribution in [0.2, 0.25) is 0 Å². The van der Waals surface area contributed by atoms with E-state index in [4.69, 9.17) is 4.98 Å². The van der Waals surface area contributed by atoms with Crippen molar-refractivity contribution in [3.05, 3.63) is 52.0 Å². The number of para-hydroxylation sites is 2. The normalized spacial score (nSPS) is 11.3. The quantitative estimate of drug-likeness (QED) is 0.353. The van der Waals surface area contributed by atoms with Crippen molar-refractivity contribution in [2.45, 2.75) is 10.7 Å². The lowest BCUT2D eigenvalue weighted by molar-refractivity contribution is 1.36. The second kappa shape index (κ2) is 5.51. The van der Waals surface area contributed by atoms with Crippen molar-refractivity contribution in [3.8, 4) is 0 Å². The van der Waals surface area contributed by atoms with Gasteiger partial charge in [0.05, 0.1) is 11.0 Å². The van der Waals surface area contributed by atoms with E-state index in [9.17, 15) is 0 Å². The summed E-state index contributed by atoms with van der Waals surface area (Å²) in [6.07, 6.45) is 0. The lowest BCUT2D eigenvalue weighted by Gasteiger charge is -2.10. The number of hydrogen-bond acceptors (Lipinski definition) is 1. The zero-order valence-corrected chi connectivity index (χ0v) is 14.7. The van der Waals surface area contributed by atoms with Crippen LogP contribution >= 0.6 is 47.8 Å². The molecule has 0 saturated heterocycles. The Hall–Kier alpha value is -0.450. The third kappa shape index (κ3) is 2.24.